The molecule has 0 spiro atoms. The predicted octanol–water partition coefficient (Wildman–Crippen LogP) is 8.37. The Labute approximate surface area is 272 Å². The standard InChI is InChI=1S/C30H42N6O3.3C2H6/c1-30(2)19-36(22-12-8-9-13-22)26-24(35(3)28(30)38)18-32-29(34-26)33-23-15-14-21(16-25(23)39-4)27(37)31-17-20-10-6-5-7-11-20;3*1-2/h14-16,18,20,22H,5-13,17,19H2,1-4H3,(H,31,37)(H,32,33,34);3*1-2H3. The molecule has 0 saturated heterocycles. The van der Waals surface area contributed by atoms with E-state index in [0.717, 1.165) is 30.9 Å². The third kappa shape index (κ3) is 9.57. The molecule has 1 aliphatic heterocycles. The van der Waals surface area contributed by atoms with Crippen LogP contribution in [0.2, 0.25) is 0 Å². The van der Waals surface area contributed by atoms with E-state index in [4.69, 9.17) is 9.72 Å². The maximum absolute atomic E-state index is 13.3. The number of carbonyl (C=O) groups excluding carboxylic acids is 2. The van der Waals surface area contributed by atoms with Crippen molar-refractivity contribution >= 4 is 35.0 Å². The van der Waals surface area contributed by atoms with Crippen molar-refractivity contribution in [3.8, 4) is 5.75 Å². The quantitative estimate of drug-likeness (QED) is 0.319. The molecule has 0 bridgehead atoms. The molecule has 2 aromatic rings. The molecule has 45 heavy (non-hydrogen) atoms. The first-order valence-corrected chi connectivity index (χ1v) is 17.4. The Morgan fingerprint density at radius 2 is 1.60 bits per heavy atom. The van der Waals surface area contributed by atoms with Crippen LogP contribution in [0.4, 0.5) is 23.1 Å². The number of hydrogen-bond donors (Lipinski definition) is 2. The van der Waals surface area contributed by atoms with E-state index in [9.17, 15) is 9.59 Å². The summed E-state index contributed by atoms with van der Waals surface area (Å²) in [7, 11) is 3.39. The number of benzene rings is 1. The van der Waals surface area contributed by atoms with Crippen molar-refractivity contribution in [1.29, 1.82) is 0 Å². The molecule has 9 nitrogen and oxygen atoms in total. The van der Waals surface area contributed by atoms with Gasteiger partial charge >= 0.3 is 0 Å². The van der Waals surface area contributed by atoms with Gasteiger partial charge in [0.1, 0.15) is 11.4 Å². The molecule has 2 fully saturated rings. The maximum atomic E-state index is 13.3. The molecule has 2 amide bonds. The smallest absolute Gasteiger partial charge is 0.251 e. The molecule has 5 rings (SSSR count). The number of anilines is 4. The van der Waals surface area contributed by atoms with Crippen molar-refractivity contribution in [2.75, 3.05) is 42.4 Å². The lowest BCUT2D eigenvalue weighted by molar-refractivity contribution is -0.125. The number of amides is 2. The molecule has 1 aromatic carbocycles. The number of rotatable bonds is 7. The molecular formula is C36H60N6O3. The van der Waals surface area contributed by atoms with Crippen LogP contribution in [0.3, 0.4) is 0 Å². The van der Waals surface area contributed by atoms with Crippen LogP contribution in [0.25, 0.3) is 0 Å². The topological polar surface area (TPSA) is 99.7 Å². The second-order valence-corrected chi connectivity index (χ2v) is 12.0. The van der Waals surface area contributed by atoms with Crippen molar-refractivity contribution < 1.29 is 14.3 Å². The highest BCUT2D eigenvalue weighted by atomic mass is 16.5. The van der Waals surface area contributed by atoms with Gasteiger partial charge in [0.25, 0.3) is 5.91 Å². The summed E-state index contributed by atoms with van der Waals surface area (Å²) >= 11 is 0. The minimum Gasteiger partial charge on any atom is -0.495 e. The van der Waals surface area contributed by atoms with Gasteiger partial charge in [0.05, 0.1) is 24.4 Å². The first-order chi connectivity index (χ1) is 21.8. The molecule has 2 aliphatic carbocycles. The van der Waals surface area contributed by atoms with Gasteiger partial charge in [-0.25, -0.2) is 4.98 Å². The predicted molar refractivity (Wildman–Crippen MR) is 188 cm³/mol. The normalized spacial score (nSPS) is 17.7. The summed E-state index contributed by atoms with van der Waals surface area (Å²) in [6.45, 7) is 17.3. The van der Waals surface area contributed by atoms with Crippen molar-refractivity contribution in [2.45, 2.75) is 119 Å². The zero-order valence-corrected chi connectivity index (χ0v) is 29.8. The first kappa shape index (κ1) is 37.8. The Bertz CT molecular complexity index is 1210. The fourth-order valence-corrected chi connectivity index (χ4v) is 6.31. The number of nitrogens with zero attached hydrogens (tertiary/aromatic N) is 4. The lowest BCUT2D eigenvalue weighted by Crippen LogP contribution is -2.45. The molecule has 0 unspecified atom stereocenters. The Balaban J connectivity index is 0.00000111. The van der Waals surface area contributed by atoms with Gasteiger partial charge in [0.2, 0.25) is 11.9 Å². The Morgan fingerprint density at radius 1 is 0.978 bits per heavy atom. The summed E-state index contributed by atoms with van der Waals surface area (Å²) in [6.07, 6.45) is 12.5. The van der Waals surface area contributed by atoms with E-state index < -0.39 is 5.41 Å². The summed E-state index contributed by atoms with van der Waals surface area (Å²) in [5.74, 6) is 2.28. The molecule has 3 aliphatic rings. The van der Waals surface area contributed by atoms with E-state index in [2.05, 4.69) is 20.5 Å². The van der Waals surface area contributed by atoms with Crippen LogP contribution in [0.5, 0.6) is 5.75 Å². The lowest BCUT2D eigenvalue weighted by Gasteiger charge is -2.34. The number of hydrogen-bond acceptors (Lipinski definition) is 7. The molecule has 2 N–H and O–H groups in total. The molecule has 9 heteroatoms. The maximum Gasteiger partial charge on any atom is 0.251 e. The second-order valence-electron chi connectivity index (χ2n) is 12.0. The van der Waals surface area contributed by atoms with Crippen molar-refractivity contribution in [3.63, 3.8) is 0 Å². The van der Waals surface area contributed by atoms with Crippen molar-refractivity contribution in [3.05, 3.63) is 30.0 Å². The lowest BCUT2D eigenvalue weighted by atomic mass is 9.89. The van der Waals surface area contributed by atoms with Crippen LogP contribution in [0.15, 0.2) is 24.4 Å². The first-order valence-electron chi connectivity index (χ1n) is 17.4. The van der Waals surface area contributed by atoms with Crippen LogP contribution >= 0.6 is 0 Å². The molecule has 0 radical (unpaired) electrons. The van der Waals surface area contributed by atoms with E-state index in [-0.39, 0.29) is 11.8 Å². The van der Waals surface area contributed by atoms with Gasteiger partial charge in [-0.1, -0.05) is 73.6 Å². The number of carbonyl (C=O) groups is 2. The van der Waals surface area contributed by atoms with Crippen LogP contribution in [0.1, 0.15) is 124 Å². The monoisotopic (exact) mass is 624 g/mol. The number of ether oxygens (including phenoxy) is 1. The summed E-state index contributed by atoms with van der Waals surface area (Å²) in [6, 6.07) is 5.73. The van der Waals surface area contributed by atoms with Crippen molar-refractivity contribution in [1.82, 2.24) is 15.3 Å². The summed E-state index contributed by atoms with van der Waals surface area (Å²) < 4.78 is 5.63. The fraction of sp³-hybridized carbons (Fsp3) is 0.667. The van der Waals surface area contributed by atoms with Crippen LogP contribution in [-0.4, -0.2) is 55.1 Å². The van der Waals surface area contributed by atoms with Gasteiger partial charge < -0.3 is 25.2 Å². The van der Waals surface area contributed by atoms with Gasteiger partial charge in [-0.15, -0.1) is 0 Å². The third-order valence-corrected chi connectivity index (χ3v) is 8.58. The summed E-state index contributed by atoms with van der Waals surface area (Å²) in [5, 5.41) is 6.39. The SMILES string of the molecule is CC.CC.CC.COc1cc(C(=O)NCC2CCCCC2)ccc1Nc1ncc2c(n1)N(C1CCCC1)CC(C)(C)C(=O)N2C. The van der Waals surface area contributed by atoms with E-state index in [1.165, 1.54) is 44.9 Å². The summed E-state index contributed by atoms with van der Waals surface area (Å²) in [4.78, 5) is 39.6. The average Bonchev–Trinajstić information content (AvgIpc) is 3.62. The minimum absolute atomic E-state index is 0.0626. The fourth-order valence-electron chi connectivity index (χ4n) is 6.31. The Morgan fingerprint density at radius 3 is 2.22 bits per heavy atom. The number of nitrogens with one attached hydrogen (secondary N) is 2. The van der Waals surface area contributed by atoms with E-state index >= 15 is 0 Å². The molecule has 252 valence electrons. The molecular weight excluding hydrogens is 564 g/mol. The number of fused-ring (bicyclic) bond motifs is 1. The third-order valence-electron chi connectivity index (χ3n) is 8.58. The highest BCUT2D eigenvalue weighted by Crippen LogP contribution is 2.40. The molecule has 1 aromatic heterocycles. The highest BCUT2D eigenvalue weighted by molar-refractivity contribution is 6.01. The van der Waals surface area contributed by atoms with Crippen molar-refractivity contribution in [2.24, 2.45) is 11.3 Å². The van der Waals surface area contributed by atoms with Gasteiger partial charge in [0, 0.05) is 31.7 Å². The van der Waals surface area contributed by atoms with Crippen LogP contribution in [-0.2, 0) is 4.79 Å². The molecule has 2 heterocycles. The number of methoxy groups -OCH3 is 1. The van der Waals surface area contributed by atoms with E-state index in [0.29, 0.717) is 41.5 Å². The van der Waals surface area contributed by atoms with Gasteiger partial charge in [-0.05, 0) is 63.6 Å². The zero-order chi connectivity index (χ0) is 33.6. The Hall–Kier alpha value is -3.36. The van der Waals surface area contributed by atoms with E-state index in [1.54, 1.807) is 37.4 Å². The molecule has 2 saturated carbocycles. The Kier molecular flexibility index (Phi) is 15.6. The molecule has 0 atom stereocenters. The van der Waals surface area contributed by atoms with Crippen LogP contribution in [0, 0.1) is 11.3 Å². The van der Waals surface area contributed by atoms with Gasteiger partial charge in [-0.3, -0.25) is 9.59 Å². The zero-order valence-electron chi connectivity index (χ0n) is 29.8. The van der Waals surface area contributed by atoms with E-state index in [1.807, 2.05) is 61.5 Å². The highest BCUT2D eigenvalue weighted by Gasteiger charge is 2.41. The van der Waals surface area contributed by atoms with Gasteiger partial charge in [0.15, 0.2) is 5.82 Å². The largest absolute Gasteiger partial charge is 0.495 e. The average molecular weight is 625 g/mol. The second kappa shape index (κ2) is 18.6. The van der Waals surface area contributed by atoms with Gasteiger partial charge in [-0.2, -0.15) is 4.98 Å². The number of aromatic nitrogens is 2. The minimum atomic E-state index is -0.539. The van der Waals surface area contributed by atoms with Crippen LogP contribution < -0.4 is 25.2 Å². The summed E-state index contributed by atoms with van der Waals surface area (Å²) in [5.41, 5.74) is 1.42.